The van der Waals surface area contributed by atoms with Gasteiger partial charge in [-0.15, -0.1) is 0 Å². The van der Waals surface area contributed by atoms with Gasteiger partial charge in [0.2, 0.25) is 0 Å². The first-order valence-corrected chi connectivity index (χ1v) is 6.72. The molecule has 1 heterocycles. The van der Waals surface area contributed by atoms with Crippen LogP contribution in [0.4, 0.5) is 0 Å². The summed E-state index contributed by atoms with van der Waals surface area (Å²) in [7, 11) is -0.981. The molecule has 0 atom stereocenters. The van der Waals surface area contributed by atoms with Gasteiger partial charge < -0.3 is 18.6 Å². The second kappa shape index (κ2) is 5.53. The van der Waals surface area contributed by atoms with Crippen LogP contribution >= 0.6 is 0 Å². The Labute approximate surface area is 112 Å². The van der Waals surface area contributed by atoms with E-state index in [4.69, 9.17) is 18.6 Å². The maximum atomic E-state index is 5.96. The van der Waals surface area contributed by atoms with Gasteiger partial charge in [0.25, 0.3) is 0 Å². The van der Waals surface area contributed by atoms with E-state index in [-0.39, 0.29) is 23.4 Å². The maximum Gasteiger partial charge on any atom is 0.488 e. The molecule has 0 aromatic carbocycles. The summed E-state index contributed by atoms with van der Waals surface area (Å²) in [5.74, 6) is 0. The molecular formula is C12H26B2O4. The minimum atomic E-state index is -0.494. The van der Waals surface area contributed by atoms with Crippen LogP contribution in [0.2, 0.25) is 0 Å². The SMILES string of the molecule is CC(C)OB(OC(C)C)B1OC(C)(C)C(C)(C)O1. The van der Waals surface area contributed by atoms with E-state index in [9.17, 15) is 0 Å². The summed E-state index contributed by atoms with van der Waals surface area (Å²) < 4.78 is 23.4. The Morgan fingerprint density at radius 1 is 0.833 bits per heavy atom. The zero-order valence-corrected chi connectivity index (χ0v) is 12.9. The Morgan fingerprint density at radius 2 is 1.17 bits per heavy atom. The Balaban J connectivity index is 2.76. The molecule has 4 nitrogen and oxygen atoms in total. The van der Waals surface area contributed by atoms with Crippen LogP contribution in [0.1, 0.15) is 55.4 Å². The van der Waals surface area contributed by atoms with Gasteiger partial charge in [0.1, 0.15) is 0 Å². The van der Waals surface area contributed by atoms with E-state index >= 15 is 0 Å². The van der Waals surface area contributed by atoms with Gasteiger partial charge in [0.05, 0.1) is 11.2 Å². The molecular weight excluding hydrogens is 230 g/mol. The largest absolute Gasteiger partial charge is 0.488 e. The standard InChI is InChI=1S/C12H26B2O4/c1-9(2)15-13(16-10(3)4)14-17-11(5,6)12(7,8)18-14/h9-10H,1-8H3. The quantitative estimate of drug-likeness (QED) is 0.708. The van der Waals surface area contributed by atoms with E-state index < -0.39 is 14.0 Å². The minimum absolute atomic E-state index is 0.0628. The van der Waals surface area contributed by atoms with Crippen LogP contribution in [0.15, 0.2) is 0 Å². The topological polar surface area (TPSA) is 36.9 Å². The zero-order chi connectivity index (χ0) is 14.1. The molecule has 1 aliphatic rings. The Kier molecular flexibility index (Phi) is 4.93. The highest BCUT2D eigenvalue weighted by molar-refractivity contribution is 7.11. The molecule has 0 aromatic heterocycles. The molecule has 104 valence electrons. The maximum absolute atomic E-state index is 5.96. The van der Waals surface area contributed by atoms with Gasteiger partial charge in [-0.25, -0.2) is 0 Å². The Bertz CT molecular complexity index is 253. The fraction of sp³-hybridized carbons (Fsp3) is 1.00. The molecule has 0 unspecified atom stereocenters. The van der Waals surface area contributed by atoms with Crippen molar-refractivity contribution >= 4 is 14.0 Å². The van der Waals surface area contributed by atoms with Crippen molar-refractivity contribution in [2.75, 3.05) is 0 Å². The van der Waals surface area contributed by atoms with E-state index in [0.29, 0.717) is 0 Å². The first-order chi connectivity index (χ1) is 8.05. The minimum Gasteiger partial charge on any atom is -0.411 e. The van der Waals surface area contributed by atoms with E-state index in [1.165, 1.54) is 0 Å². The van der Waals surface area contributed by atoms with E-state index in [2.05, 4.69) is 0 Å². The van der Waals surface area contributed by atoms with Crippen LogP contribution in [0.5, 0.6) is 0 Å². The predicted molar refractivity (Wildman–Crippen MR) is 74.3 cm³/mol. The molecule has 1 aliphatic heterocycles. The second-order valence-corrected chi connectivity index (χ2v) is 6.36. The molecule has 0 amide bonds. The van der Waals surface area contributed by atoms with Crippen molar-refractivity contribution in [3.05, 3.63) is 0 Å². The summed E-state index contributed by atoms with van der Waals surface area (Å²) in [6, 6.07) is 0. The molecule has 1 fully saturated rings. The molecule has 0 aromatic rings. The van der Waals surface area contributed by atoms with Crippen LogP contribution in [-0.2, 0) is 18.6 Å². The lowest BCUT2D eigenvalue weighted by Gasteiger charge is -2.32. The second-order valence-electron chi connectivity index (χ2n) is 6.36. The molecule has 0 spiro atoms. The Morgan fingerprint density at radius 3 is 1.44 bits per heavy atom. The third kappa shape index (κ3) is 3.73. The van der Waals surface area contributed by atoms with Gasteiger partial charge in [0, 0.05) is 12.2 Å². The number of hydrogen-bond acceptors (Lipinski definition) is 4. The fourth-order valence-electron chi connectivity index (χ4n) is 1.70. The number of rotatable bonds is 5. The van der Waals surface area contributed by atoms with Crippen molar-refractivity contribution in [1.29, 1.82) is 0 Å². The summed E-state index contributed by atoms with van der Waals surface area (Å²) >= 11 is 0. The summed E-state index contributed by atoms with van der Waals surface area (Å²) in [5, 5.41) is 0. The summed E-state index contributed by atoms with van der Waals surface area (Å²) in [6.07, 6.45) is 0.126. The summed E-state index contributed by atoms with van der Waals surface area (Å²) in [6.45, 7) is 16.0. The smallest absolute Gasteiger partial charge is 0.411 e. The van der Waals surface area contributed by atoms with Crippen LogP contribution in [0.25, 0.3) is 0 Å². The van der Waals surface area contributed by atoms with Crippen molar-refractivity contribution < 1.29 is 18.6 Å². The average Bonchev–Trinajstić information content (AvgIpc) is 2.33. The third-order valence-electron chi connectivity index (χ3n) is 3.31. The van der Waals surface area contributed by atoms with Crippen molar-refractivity contribution in [3.8, 4) is 0 Å². The van der Waals surface area contributed by atoms with Gasteiger partial charge in [-0.2, -0.15) is 0 Å². The first kappa shape index (κ1) is 16.0. The van der Waals surface area contributed by atoms with Crippen molar-refractivity contribution in [3.63, 3.8) is 0 Å². The van der Waals surface area contributed by atoms with Crippen LogP contribution in [-0.4, -0.2) is 37.4 Å². The molecule has 0 bridgehead atoms. The van der Waals surface area contributed by atoms with Gasteiger partial charge in [0.15, 0.2) is 0 Å². The fourth-order valence-corrected chi connectivity index (χ4v) is 1.70. The molecule has 0 saturated carbocycles. The van der Waals surface area contributed by atoms with Crippen molar-refractivity contribution in [2.45, 2.75) is 78.8 Å². The van der Waals surface area contributed by atoms with E-state index in [1.54, 1.807) is 0 Å². The first-order valence-electron chi connectivity index (χ1n) is 6.72. The van der Waals surface area contributed by atoms with Crippen LogP contribution in [0.3, 0.4) is 0 Å². The highest BCUT2D eigenvalue weighted by atomic mass is 16.7. The molecule has 18 heavy (non-hydrogen) atoms. The molecule has 0 radical (unpaired) electrons. The lowest BCUT2D eigenvalue weighted by atomic mass is 9.48. The Hall–Kier alpha value is -0.0301. The lowest BCUT2D eigenvalue weighted by molar-refractivity contribution is 0.00578. The zero-order valence-electron chi connectivity index (χ0n) is 12.9. The predicted octanol–water partition coefficient (Wildman–Crippen LogP) is 2.50. The monoisotopic (exact) mass is 256 g/mol. The average molecular weight is 256 g/mol. The van der Waals surface area contributed by atoms with E-state index in [0.717, 1.165) is 0 Å². The molecule has 0 aliphatic carbocycles. The summed E-state index contributed by atoms with van der Waals surface area (Å²) in [4.78, 5) is 0. The van der Waals surface area contributed by atoms with Gasteiger partial charge in [-0.3, -0.25) is 0 Å². The molecule has 6 heteroatoms. The lowest BCUT2D eigenvalue weighted by Crippen LogP contribution is -2.46. The normalized spacial score (nSPS) is 22.0. The highest BCUT2D eigenvalue weighted by Crippen LogP contribution is 2.37. The highest BCUT2D eigenvalue weighted by Gasteiger charge is 2.57. The van der Waals surface area contributed by atoms with Crippen molar-refractivity contribution in [2.24, 2.45) is 0 Å². The van der Waals surface area contributed by atoms with Crippen LogP contribution < -0.4 is 0 Å². The molecule has 1 rings (SSSR count). The third-order valence-corrected chi connectivity index (χ3v) is 3.31. The molecule has 1 saturated heterocycles. The number of hydrogen-bond donors (Lipinski definition) is 0. The molecule has 0 N–H and O–H groups in total. The van der Waals surface area contributed by atoms with Crippen molar-refractivity contribution in [1.82, 2.24) is 0 Å². The van der Waals surface area contributed by atoms with Gasteiger partial charge >= 0.3 is 14.0 Å². The van der Waals surface area contributed by atoms with Gasteiger partial charge in [-0.05, 0) is 55.4 Å². The summed E-state index contributed by atoms with van der Waals surface area (Å²) in [5.41, 5.74) is -0.729. The van der Waals surface area contributed by atoms with Gasteiger partial charge in [-0.1, -0.05) is 0 Å². The van der Waals surface area contributed by atoms with E-state index in [1.807, 2.05) is 55.4 Å². The van der Waals surface area contributed by atoms with Crippen LogP contribution in [0, 0.1) is 0 Å².